The molecule has 0 fully saturated rings. The van der Waals surface area contributed by atoms with Crippen LogP contribution in [0.1, 0.15) is 49.2 Å². The Morgan fingerprint density at radius 3 is 2.21 bits per heavy atom. The van der Waals surface area contributed by atoms with Gasteiger partial charge in [0.2, 0.25) is 5.96 Å². The lowest BCUT2D eigenvalue weighted by Crippen LogP contribution is -2.46. The van der Waals surface area contributed by atoms with Crippen LogP contribution in [0, 0.1) is 0 Å². The molecule has 3 heterocycles. The first kappa shape index (κ1) is 22.1. The summed E-state index contributed by atoms with van der Waals surface area (Å²) in [5.74, 6) is -1.20. The Hall–Kier alpha value is -2.35. The molecule has 2 aromatic carbocycles. The molecule has 1 aliphatic carbocycles. The zero-order valence-corrected chi connectivity index (χ0v) is 21.0. The number of guanidine groups is 1. The molecule has 170 valence electrons. The van der Waals surface area contributed by atoms with Crippen molar-refractivity contribution >= 4 is 81.2 Å². The molecule has 34 heavy (non-hydrogen) atoms. The lowest BCUT2D eigenvalue weighted by Gasteiger charge is -2.33. The normalized spacial score (nSPS) is 19.0. The lowest BCUT2D eigenvalue weighted by atomic mass is 9.85. The first-order valence-electron chi connectivity index (χ1n) is 10.3. The summed E-state index contributed by atoms with van der Waals surface area (Å²) in [6.07, 6.45) is 1.70. The zero-order valence-electron chi connectivity index (χ0n) is 17.2. The van der Waals surface area contributed by atoms with Crippen LogP contribution in [0.2, 0.25) is 20.1 Å². The van der Waals surface area contributed by atoms with Crippen LogP contribution in [0.5, 0.6) is 0 Å². The topological polar surface area (TPSA) is 61.8 Å². The van der Waals surface area contributed by atoms with Gasteiger partial charge in [-0.2, -0.15) is 0 Å². The second-order valence-corrected chi connectivity index (χ2v) is 10.5. The van der Waals surface area contributed by atoms with E-state index in [1.807, 2.05) is 35.7 Å². The Bertz CT molecular complexity index is 1430. The molecule has 0 radical (unpaired) electrons. The molecule has 3 aromatic rings. The van der Waals surface area contributed by atoms with Gasteiger partial charge in [0.15, 0.2) is 0 Å². The van der Waals surface area contributed by atoms with Crippen LogP contribution in [0.25, 0.3) is 5.70 Å². The number of halogens is 4. The van der Waals surface area contributed by atoms with Gasteiger partial charge in [-0.05, 0) is 35.4 Å². The molecule has 1 unspecified atom stereocenters. The van der Waals surface area contributed by atoms with Crippen LogP contribution in [-0.2, 0) is 6.42 Å². The van der Waals surface area contributed by atoms with E-state index in [-0.39, 0.29) is 43.2 Å². The minimum absolute atomic E-state index is 0.0729. The summed E-state index contributed by atoms with van der Waals surface area (Å²) in [5, 5.41) is 4.89. The molecule has 10 heteroatoms. The number of nitrogens with zero attached hydrogens (tertiary/aromatic N) is 2. The number of rotatable bonds is 1. The van der Waals surface area contributed by atoms with E-state index in [1.54, 1.807) is 11.3 Å². The maximum atomic E-state index is 13.5. The third kappa shape index (κ3) is 3.10. The second-order valence-electron chi connectivity index (χ2n) is 8.00. The summed E-state index contributed by atoms with van der Waals surface area (Å²) in [4.78, 5) is 33.8. The fraction of sp³-hybridized carbons (Fsp3) is 0.125. The lowest BCUT2D eigenvalue weighted by molar-refractivity contribution is 0.0744. The standard InChI is InChI=1S/C24H13Cl4N3O2S/c25-16-14-15(17(26)19(28)18(16)27)23(33)31(22(14)32)24-29-20-11-5-2-1-4-10(11)7-8-12(20)21(30-24)13-6-3-9-34-13/h1-6,9,21H,7-8H2,(H,29,30). The molecule has 0 saturated heterocycles. The molecule has 0 saturated carbocycles. The maximum absolute atomic E-state index is 13.5. The number of carbonyl (C=O) groups excluding carboxylic acids is 2. The Morgan fingerprint density at radius 2 is 1.56 bits per heavy atom. The molecule has 2 aliphatic heterocycles. The molecule has 3 aliphatic rings. The smallest absolute Gasteiger partial charge is 0.270 e. The van der Waals surface area contributed by atoms with Crippen LogP contribution in [0.4, 0.5) is 0 Å². The molecule has 2 amide bonds. The van der Waals surface area contributed by atoms with Crippen molar-refractivity contribution in [3.05, 3.63) is 94.6 Å². The van der Waals surface area contributed by atoms with Gasteiger partial charge in [0.25, 0.3) is 11.8 Å². The van der Waals surface area contributed by atoms with Crippen molar-refractivity contribution in [2.45, 2.75) is 18.9 Å². The van der Waals surface area contributed by atoms with Gasteiger partial charge < -0.3 is 5.32 Å². The minimum atomic E-state index is -0.658. The molecule has 1 aromatic heterocycles. The van der Waals surface area contributed by atoms with Crippen LogP contribution in [0.3, 0.4) is 0 Å². The highest BCUT2D eigenvalue weighted by Gasteiger charge is 2.46. The summed E-state index contributed by atoms with van der Waals surface area (Å²) in [5.41, 5.74) is 4.03. The van der Waals surface area contributed by atoms with Crippen molar-refractivity contribution in [2.75, 3.05) is 0 Å². The van der Waals surface area contributed by atoms with Crippen LogP contribution < -0.4 is 5.32 Å². The van der Waals surface area contributed by atoms with Gasteiger partial charge in [-0.3, -0.25) is 9.59 Å². The average Bonchev–Trinajstić information content (AvgIpc) is 3.47. The third-order valence-corrected chi connectivity index (χ3v) is 8.94. The Balaban J connectivity index is 1.51. The quantitative estimate of drug-likeness (QED) is 0.202. The summed E-state index contributed by atoms with van der Waals surface area (Å²) in [6.45, 7) is 0. The highest BCUT2D eigenvalue weighted by atomic mass is 35.5. The van der Waals surface area contributed by atoms with Gasteiger partial charge in [-0.15, -0.1) is 11.3 Å². The Kier molecular flexibility index (Phi) is 5.28. The van der Waals surface area contributed by atoms with Gasteiger partial charge >= 0.3 is 0 Å². The van der Waals surface area contributed by atoms with Crippen molar-refractivity contribution in [1.29, 1.82) is 0 Å². The summed E-state index contributed by atoms with van der Waals surface area (Å²) in [7, 11) is 0. The molecule has 1 N–H and O–H groups in total. The molecule has 5 nitrogen and oxygen atoms in total. The number of amides is 2. The van der Waals surface area contributed by atoms with E-state index in [1.165, 1.54) is 5.56 Å². The number of benzene rings is 2. The van der Waals surface area contributed by atoms with E-state index in [0.717, 1.165) is 39.5 Å². The van der Waals surface area contributed by atoms with E-state index >= 15 is 0 Å². The predicted octanol–water partition coefficient (Wildman–Crippen LogP) is 7.02. The molecule has 0 bridgehead atoms. The fourth-order valence-corrected chi connectivity index (χ4v) is 6.46. The van der Waals surface area contributed by atoms with Gasteiger partial charge in [0.1, 0.15) is 6.04 Å². The van der Waals surface area contributed by atoms with Crippen molar-refractivity contribution in [3.63, 3.8) is 0 Å². The van der Waals surface area contributed by atoms with Crippen LogP contribution >= 0.6 is 57.7 Å². The number of thiophene rings is 1. The number of hydrogen-bond donors (Lipinski definition) is 1. The van der Waals surface area contributed by atoms with Crippen LogP contribution in [-0.4, -0.2) is 22.7 Å². The van der Waals surface area contributed by atoms with E-state index in [2.05, 4.69) is 11.4 Å². The van der Waals surface area contributed by atoms with Gasteiger partial charge in [-0.25, -0.2) is 9.89 Å². The number of aliphatic imine (C=N–C) groups is 1. The fourth-order valence-electron chi connectivity index (χ4n) is 4.65. The first-order chi connectivity index (χ1) is 16.4. The molecular formula is C24H13Cl4N3O2S. The van der Waals surface area contributed by atoms with Crippen molar-refractivity contribution < 1.29 is 9.59 Å². The summed E-state index contributed by atoms with van der Waals surface area (Å²) < 4.78 is 0. The number of fused-ring (bicyclic) bond motifs is 3. The zero-order chi connectivity index (χ0) is 23.7. The minimum Gasteiger partial charge on any atom is -0.325 e. The number of carbonyl (C=O) groups is 2. The van der Waals surface area contributed by atoms with Crippen molar-refractivity contribution in [2.24, 2.45) is 4.99 Å². The van der Waals surface area contributed by atoms with Crippen LogP contribution in [0.15, 0.2) is 52.3 Å². The first-order valence-corrected chi connectivity index (χ1v) is 12.7. The number of nitrogens with one attached hydrogen (secondary N) is 1. The Morgan fingerprint density at radius 1 is 0.882 bits per heavy atom. The maximum Gasteiger partial charge on any atom is 0.270 e. The average molecular weight is 549 g/mol. The number of aryl methyl sites for hydroxylation is 1. The van der Waals surface area contributed by atoms with Crippen molar-refractivity contribution in [3.8, 4) is 0 Å². The third-order valence-electron chi connectivity index (χ3n) is 6.22. The van der Waals surface area contributed by atoms with Gasteiger partial charge in [0, 0.05) is 10.4 Å². The van der Waals surface area contributed by atoms with E-state index in [0.29, 0.717) is 0 Å². The number of hydrogen-bond acceptors (Lipinski definition) is 5. The second kappa shape index (κ2) is 8.11. The van der Waals surface area contributed by atoms with Gasteiger partial charge in [-0.1, -0.05) is 76.7 Å². The monoisotopic (exact) mass is 547 g/mol. The van der Waals surface area contributed by atoms with Crippen molar-refractivity contribution in [1.82, 2.24) is 10.2 Å². The highest BCUT2D eigenvalue weighted by molar-refractivity contribution is 7.10. The largest absolute Gasteiger partial charge is 0.325 e. The number of imide groups is 1. The molecular weight excluding hydrogens is 536 g/mol. The SMILES string of the molecule is O=C1c2c(Cl)c(Cl)c(Cl)c(Cl)c2C(=O)N1C1=NC(c2cccs2)C2=C(N1)c1ccccc1CC2. The highest BCUT2D eigenvalue weighted by Crippen LogP contribution is 2.46. The van der Waals surface area contributed by atoms with E-state index in [4.69, 9.17) is 51.4 Å². The summed E-state index contributed by atoms with van der Waals surface area (Å²) >= 11 is 26.6. The molecule has 1 atom stereocenters. The molecule has 0 spiro atoms. The van der Waals surface area contributed by atoms with Gasteiger partial charge in [0.05, 0.1) is 36.9 Å². The van der Waals surface area contributed by atoms with E-state index in [9.17, 15) is 9.59 Å². The predicted molar refractivity (Wildman–Crippen MR) is 136 cm³/mol. The summed E-state index contributed by atoms with van der Waals surface area (Å²) in [6, 6.07) is 11.7. The Labute approximate surface area is 218 Å². The van der Waals surface area contributed by atoms with E-state index < -0.39 is 11.8 Å². The molecule has 6 rings (SSSR count).